The van der Waals surface area contributed by atoms with Crippen molar-refractivity contribution in [2.45, 2.75) is 32.8 Å². The number of hydrogen-bond acceptors (Lipinski definition) is 3. The van der Waals surface area contributed by atoms with Gasteiger partial charge in [0.1, 0.15) is 0 Å². The van der Waals surface area contributed by atoms with Crippen LogP contribution in [0.3, 0.4) is 0 Å². The minimum atomic E-state index is -0.608. The Labute approximate surface area is 85.9 Å². The van der Waals surface area contributed by atoms with Gasteiger partial charge in [0.05, 0.1) is 10.6 Å². The second-order valence-corrected chi connectivity index (χ2v) is 4.42. The topological polar surface area (TPSA) is 49.5 Å². The second kappa shape index (κ2) is 5.52. The number of hydrogen-bond donors (Lipinski definition) is 2. The number of thiocarbonyl (C=S) groups is 1. The van der Waals surface area contributed by atoms with Crippen LogP contribution in [0.4, 0.5) is 0 Å². The Hall–Kier alpha value is -0.190. The molecule has 3 nitrogen and oxygen atoms in total. The number of nitrogens with zero attached hydrogens (tertiary/aromatic N) is 1. The second-order valence-electron chi connectivity index (χ2n) is 3.90. The van der Waals surface area contributed by atoms with Crippen molar-refractivity contribution in [2.24, 2.45) is 5.73 Å². The quantitative estimate of drug-likeness (QED) is 0.627. The highest BCUT2D eigenvalue weighted by Gasteiger charge is 2.14. The van der Waals surface area contributed by atoms with E-state index >= 15 is 0 Å². The minimum Gasteiger partial charge on any atom is -0.392 e. The largest absolute Gasteiger partial charge is 0.392 e. The lowest BCUT2D eigenvalue weighted by Gasteiger charge is -2.24. The van der Waals surface area contributed by atoms with Crippen LogP contribution < -0.4 is 5.73 Å². The third-order valence-corrected chi connectivity index (χ3v) is 2.00. The fourth-order valence-corrected chi connectivity index (χ4v) is 1.18. The van der Waals surface area contributed by atoms with Gasteiger partial charge in [-0.05, 0) is 26.8 Å². The maximum absolute atomic E-state index is 9.51. The molecule has 0 saturated heterocycles. The Morgan fingerprint density at radius 2 is 2.08 bits per heavy atom. The molecule has 0 aliphatic rings. The van der Waals surface area contributed by atoms with Crippen molar-refractivity contribution < 1.29 is 5.11 Å². The average molecular weight is 204 g/mol. The van der Waals surface area contributed by atoms with Gasteiger partial charge in [-0.1, -0.05) is 19.1 Å². The molecule has 0 radical (unpaired) electrons. The van der Waals surface area contributed by atoms with Crippen LogP contribution in [-0.4, -0.2) is 40.2 Å². The van der Waals surface area contributed by atoms with Crippen LogP contribution >= 0.6 is 12.2 Å². The summed E-state index contributed by atoms with van der Waals surface area (Å²) in [7, 11) is 0. The van der Waals surface area contributed by atoms with Gasteiger partial charge in [0.2, 0.25) is 0 Å². The maximum Gasteiger partial charge on any atom is 0.0870 e. The van der Waals surface area contributed by atoms with E-state index in [4.69, 9.17) is 18.0 Å². The lowest BCUT2D eigenvalue weighted by molar-refractivity contribution is 0.0602. The summed E-state index contributed by atoms with van der Waals surface area (Å²) in [5.74, 6) is 0. The maximum atomic E-state index is 9.51. The first-order chi connectivity index (χ1) is 5.85. The standard InChI is InChI=1S/C9H20N2OS/c1-4-11(7-8(10)13)6-5-9(2,3)12/h12H,4-7H2,1-3H3,(H2,10,13). The summed E-state index contributed by atoms with van der Waals surface area (Å²) in [5.41, 5.74) is 4.83. The molecule has 0 atom stereocenters. The SMILES string of the molecule is CCN(CCC(C)(C)O)CC(N)=S. The predicted octanol–water partition coefficient (Wildman–Crippen LogP) is 0.755. The molecule has 0 rings (SSSR count). The smallest absolute Gasteiger partial charge is 0.0870 e. The molecule has 0 aliphatic carbocycles. The van der Waals surface area contributed by atoms with Gasteiger partial charge in [-0.15, -0.1) is 0 Å². The Kier molecular flexibility index (Phi) is 5.44. The number of nitrogens with two attached hydrogens (primary N) is 1. The molecule has 0 heterocycles. The van der Waals surface area contributed by atoms with Gasteiger partial charge >= 0.3 is 0 Å². The third kappa shape index (κ3) is 8.15. The molecule has 0 aromatic heterocycles. The van der Waals surface area contributed by atoms with Crippen LogP contribution in [0.2, 0.25) is 0 Å². The van der Waals surface area contributed by atoms with Gasteiger partial charge in [-0.3, -0.25) is 4.90 Å². The van der Waals surface area contributed by atoms with E-state index in [9.17, 15) is 5.11 Å². The molecule has 4 heteroatoms. The van der Waals surface area contributed by atoms with Gasteiger partial charge in [0, 0.05) is 13.1 Å². The predicted molar refractivity (Wildman–Crippen MR) is 59.8 cm³/mol. The first-order valence-corrected chi connectivity index (χ1v) is 4.99. The molecule has 0 aliphatic heterocycles. The molecular formula is C9H20N2OS. The van der Waals surface area contributed by atoms with Crippen molar-refractivity contribution in [2.75, 3.05) is 19.6 Å². The Bertz CT molecular complexity index is 165. The lowest BCUT2D eigenvalue weighted by Crippen LogP contribution is -2.36. The first kappa shape index (κ1) is 12.8. The zero-order chi connectivity index (χ0) is 10.5. The molecule has 0 unspecified atom stereocenters. The summed E-state index contributed by atoms with van der Waals surface area (Å²) in [5, 5.41) is 9.51. The van der Waals surface area contributed by atoms with Crippen LogP contribution in [0, 0.1) is 0 Å². The summed E-state index contributed by atoms with van der Waals surface area (Å²) in [6.07, 6.45) is 0.740. The summed E-state index contributed by atoms with van der Waals surface area (Å²) in [6, 6.07) is 0. The monoisotopic (exact) mass is 204 g/mol. The van der Waals surface area contributed by atoms with E-state index < -0.39 is 5.60 Å². The van der Waals surface area contributed by atoms with Gasteiger partial charge in [-0.25, -0.2) is 0 Å². The van der Waals surface area contributed by atoms with E-state index in [1.807, 2.05) is 13.8 Å². The number of rotatable bonds is 6. The molecule has 0 bridgehead atoms. The van der Waals surface area contributed by atoms with Gasteiger partial charge in [-0.2, -0.15) is 0 Å². The summed E-state index contributed by atoms with van der Waals surface area (Å²) >= 11 is 4.82. The van der Waals surface area contributed by atoms with Crippen LogP contribution in [-0.2, 0) is 0 Å². The molecule has 13 heavy (non-hydrogen) atoms. The molecule has 3 N–H and O–H groups in total. The van der Waals surface area contributed by atoms with Crippen molar-refractivity contribution in [3.05, 3.63) is 0 Å². The molecular weight excluding hydrogens is 184 g/mol. The lowest BCUT2D eigenvalue weighted by atomic mass is 10.1. The van der Waals surface area contributed by atoms with Crippen LogP contribution in [0.15, 0.2) is 0 Å². The minimum absolute atomic E-state index is 0.512. The molecule has 0 aromatic carbocycles. The highest BCUT2D eigenvalue weighted by atomic mass is 32.1. The summed E-state index contributed by atoms with van der Waals surface area (Å²) in [6.45, 7) is 8.05. The number of likely N-dealkylation sites (N-methyl/N-ethyl adjacent to an activating group) is 1. The molecule has 78 valence electrons. The third-order valence-electron chi connectivity index (χ3n) is 1.87. The van der Waals surface area contributed by atoms with Gasteiger partial charge in [0.15, 0.2) is 0 Å². The number of aliphatic hydroxyl groups is 1. The molecule has 0 saturated carbocycles. The molecule has 0 amide bonds. The van der Waals surface area contributed by atoms with Crippen molar-refractivity contribution in [3.63, 3.8) is 0 Å². The van der Waals surface area contributed by atoms with Crippen molar-refractivity contribution in [1.29, 1.82) is 0 Å². The summed E-state index contributed by atoms with van der Waals surface area (Å²) in [4.78, 5) is 2.64. The Balaban J connectivity index is 3.79. The van der Waals surface area contributed by atoms with E-state index in [0.29, 0.717) is 11.5 Å². The Morgan fingerprint density at radius 1 is 1.54 bits per heavy atom. The van der Waals surface area contributed by atoms with Crippen molar-refractivity contribution in [3.8, 4) is 0 Å². The zero-order valence-corrected chi connectivity index (χ0v) is 9.52. The van der Waals surface area contributed by atoms with Gasteiger partial charge in [0.25, 0.3) is 0 Å². The summed E-state index contributed by atoms with van der Waals surface area (Å²) < 4.78 is 0. The molecule has 0 spiro atoms. The van der Waals surface area contributed by atoms with Gasteiger partial charge < -0.3 is 10.8 Å². The molecule has 0 fully saturated rings. The fraction of sp³-hybridized carbons (Fsp3) is 0.889. The van der Waals surface area contributed by atoms with Crippen LogP contribution in [0.1, 0.15) is 27.2 Å². The first-order valence-electron chi connectivity index (χ1n) is 4.58. The zero-order valence-electron chi connectivity index (χ0n) is 8.71. The van der Waals surface area contributed by atoms with E-state index in [0.717, 1.165) is 19.5 Å². The van der Waals surface area contributed by atoms with Crippen molar-refractivity contribution in [1.82, 2.24) is 4.90 Å². The highest BCUT2D eigenvalue weighted by molar-refractivity contribution is 7.80. The highest BCUT2D eigenvalue weighted by Crippen LogP contribution is 2.07. The molecule has 0 aromatic rings. The average Bonchev–Trinajstić information content (AvgIpc) is 1.95. The van der Waals surface area contributed by atoms with Crippen molar-refractivity contribution >= 4 is 17.2 Å². The fourth-order valence-electron chi connectivity index (χ4n) is 1.00. The Morgan fingerprint density at radius 3 is 2.38 bits per heavy atom. The van der Waals surface area contributed by atoms with E-state index in [1.165, 1.54) is 0 Å². The van der Waals surface area contributed by atoms with E-state index in [2.05, 4.69) is 11.8 Å². The van der Waals surface area contributed by atoms with E-state index in [1.54, 1.807) is 0 Å². The van der Waals surface area contributed by atoms with E-state index in [-0.39, 0.29) is 0 Å². The normalized spacial score (nSPS) is 12.1. The van der Waals surface area contributed by atoms with Crippen LogP contribution in [0.25, 0.3) is 0 Å². The van der Waals surface area contributed by atoms with Crippen LogP contribution in [0.5, 0.6) is 0 Å².